The summed E-state index contributed by atoms with van der Waals surface area (Å²) in [4.78, 5) is 0. The normalized spacial score (nSPS) is 9.89. The first kappa shape index (κ1) is 12.7. The average molecular weight is 301 g/mol. The predicted molar refractivity (Wildman–Crippen MR) is 78.1 cm³/mol. The molecular formula is C15H13BrN2. The third-order valence-corrected chi connectivity index (χ3v) is 3.26. The number of nitrogens with one attached hydrogen (secondary N) is 1. The quantitative estimate of drug-likeness (QED) is 0.874. The van der Waals surface area contributed by atoms with Gasteiger partial charge in [0.25, 0.3) is 0 Å². The highest BCUT2D eigenvalue weighted by Gasteiger charge is 2.05. The largest absolute Gasteiger partial charge is 0.354 e. The van der Waals surface area contributed by atoms with Gasteiger partial charge in [0.2, 0.25) is 0 Å². The van der Waals surface area contributed by atoms with Crippen LogP contribution in [0, 0.1) is 25.2 Å². The molecule has 18 heavy (non-hydrogen) atoms. The number of nitriles is 1. The zero-order valence-corrected chi connectivity index (χ0v) is 11.9. The molecule has 0 aromatic heterocycles. The van der Waals surface area contributed by atoms with E-state index in [-0.39, 0.29) is 0 Å². The predicted octanol–water partition coefficient (Wildman–Crippen LogP) is 4.68. The summed E-state index contributed by atoms with van der Waals surface area (Å²) in [5.41, 5.74) is 4.73. The van der Waals surface area contributed by atoms with E-state index in [4.69, 9.17) is 5.26 Å². The highest BCUT2D eigenvalue weighted by atomic mass is 79.9. The molecule has 1 N–H and O–H groups in total. The van der Waals surface area contributed by atoms with E-state index in [9.17, 15) is 0 Å². The minimum absolute atomic E-state index is 0.661. The zero-order valence-electron chi connectivity index (χ0n) is 10.3. The van der Waals surface area contributed by atoms with Gasteiger partial charge in [0.1, 0.15) is 6.07 Å². The van der Waals surface area contributed by atoms with Gasteiger partial charge in [0.15, 0.2) is 0 Å². The Labute approximate surface area is 115 Å². The lowest BCUT2D eigenvalue weighted by Crippen LogP contribution is -1.96. The molecule has 0 amide bonds. The lowest BCUT2D eigenvalue weighted by atomic mass is 10.1. The Bertz CT molecular complexity index is 627. The molecule has 0 spiro atoms. The summed E-state index contributed by atoms with van der Waals surface area (Å²) < 4.78 is 1.02. The number of nitrogens with zero attached hydrogens (tertiary/aromatic N) is 1. The van der Waals surface area contributed by atoms with Crippen molar-refractivity contribution in [3.63, 3.8) is 0 Å². The highest BCUT2D eigenvalue weighted by Crippen LogP contribution is 2.26. The van der Waals surface area contributed by atoms with Crippen LogP contribution in [0.3, 0.4) is 0 Å². The van der Waals surface area contributed by atoms with Gasteiger partial charge in [-0.25, -0.2) is 0 Å². The van der Waals surface area contributed by atoms with Crippen LogP contribution in [0.1, 0.15) is 16.7 Å². The summed E-state index contributed by atoms with van der Waals surface area (Å²) >= 11 is 3.45. The van der Waals surface area contributed by atoms with Gasteiger partial charge in [-0.2, -0.15) is 5.26 Å². The van der Waals surface area contributed by atoms with E-state index in [1.54, 1.807) is 0 Å². The van der Waals surface area contributed by atoms with E-state index in [2.05, 4.69) is 27.3 Å². The molecule has 2 aromatic rings. The van der Waals surface area contributed by atoms with Gasteiger partial charge in [-0.3, -0.25) is 0 Å². The van der Waals surface area contributed by atoms with Crippen molar-refractivity contribution in [2.24, 2.45) is 0 Å². The van der Waals surface area contributed by atoms with Gasteiger partial charge in [0.05, 0.1) is 11.3 Å². The molecule has 0 aliphatic rings. The van der Waals surface area contributed by atoms with Crippen LogP contribution in [-0.4, -0.2) is 0 Å². The standard InChI is InChI=1S/C15H13BrN2/c1-10-3-6-14(12(7-10)9-17)18-15-8-13(16)5-4-11(15)2/h3-8,18H,1-2H3. The summed E-state index contributed by atoms with van der Waals surface area (Å²) in [5, 5.41) is 12.5. The van der Waals surface area contributed by atoms with Crippen molar-refractivity contribution < 1.29 is 0 Å². The van der Waals surface area contributed by atoms with Crippen LogP contribution in [-0.2, 0) is 0 Å². The molecule has 0 unspecified atom stereocenters. The van der Waals surface area contributed by atoms with Gasteiger partial charge < -0.3 is 5.32 Å². The first-order valence-electron chi connectivity index (χ1n) is 5.64. The second-order valence-electron chi connectivity index (χ2n) is 4.25. The van der Waals surface area contributed by atoms with E-state index >= 15 is 0 Å². The third-order valence-electron chi connectivity index (χ3n) is 2.76. The van der Waals surface area contributed by atoms with E-state index in [0.717, 1.165) is 27.0 Å². The summed E-state index contributed by atoms with van der Waals surface area (Å²) in [6.07, 6.45) is 0. The van der Waals surface area contributed by atoms with Crippen molar-refractivity contribution in [3.05, 3.63) is 57.6 Å². The van der Waals surface area contributed by atoms with Gasteiger partial charge in [-0.05, 0) is 49.2 Å². The lowest BCUT2D eigenvalue weighted by molar-refractivity contribution is 1.38. The number of aryl methyl sites for hydroxylation is 2. The number of anilines is 2. The molecule has 0 aliphatic carbocycles. The fraction of sp³-hybridized carbons (Fsp3) is 0.133. The first-order valence-corrected chi connectivity index (χ1v) is 6.43. The molecule has 0 radical (unpaired) electrons. The molecular weight excluding hydrogens is 288 g/mol. The lowest BCUT2D eigenvalue weighted by Gasteiger charge is -2.11. The summed E-state index contributed by atoms with van der Waals surface area (Å²) in [5.74, 6) is 0. The summed E-state index contributed by atoms with van der Waals surface area (Å²) in [7, 11) is 0. The van der Waals surface area contributed by atoms with E-state index < -0.39 is 0 Å². The van der Waals surface area contributed by atoms with Crippen LogP contribution < -0.4 is 5.32 Å². The fourth-order valence-electron chi connectivity index (χ4n) is 1.73. The summed E-state index contributed by atoms with van der Waals surface area (Å²) in [6, 6.07) is 14.1. The van der Waals surface area contributed by atoms with Crippen LogP contribution in [0.15, 0.2) is 40.9 Å². The van der Waals surface area contributed by atoms with Gasteiger partial charge in [-0.1, -0.05) is 28.1 Å². The second-order valence-corrected chi connectivity index (χ2v) is 5.16. The topological polar surface area (TPSA) is 35.8 Å². The molecule has 0 aliphatic heterocycles. The molecule has 0 bridgehead atoms. The van der Waals surface area contributed by atoms with Crippen molar-refractivity contribution in [3.8, 4) is 6.07 Å². The molecule has 0 fully saturated rings. The molecule has 2 nitrogen and oxygen atoms in total. The van der Waals surface area contributed by atoms with Crippen molar-refractivity contribution in [2.75, 3.05) is 5.32 Å². The molecule has 90 valence electrons. The molecule has 0 heterocycles. The van der Waals surface area contributed by atoms with Crippen LogP contribution in [0.4, 0.5) is 11.4 Å². The third kappa shape index (κ3) is 2.72. The molecule has 2 aromatic carbocycles. The fourth-order valence-corrected chi connectivity index (χ4v) is 2.09. The van der Waals surface area contributed by atoms with E-state index in [1.165, 1.54) is 0 Å². The number of hydrogen-bond acceptors (Lipinski definition) is 2. The van der Waals surface area contributed by atoms with Crippen LogP contribution in [0.25, 0.3) is 0 Å². The maximum absolute atomic E-state index is 9.15. The van der Waals surface area contributed by atoms with Crippen LogP contribution in [0.2, 0.25) is 0 Å². The molecule has 0 atom stereocenters. The van der Waals surface area contributed by atoms with Gasteiger partial charge in [0, 0.05) is 10.2 Å². The van der Waals surface area contributed by atoms with Crippen molar-refractivity contribution >= 4 is 27.3 Å². The number of hydrogen-bond donors (Lipinski definition) is 1. The molecule has 0 saturated heterocycles. The van der Waals surface area contributed by atoms with Gasteiger partial charge in [-0.15, -0.1) is 0 Å². The maximum atomic E-state index is 9.15. The number of benzene rings is 2. The Morgan fingerprint density at radius 2 is 1.83 bits per heavy atom. The maximum Gasteiger partial charge on any atom is 0.101 e. The van der Waals surface area contributed by atoms with Crippen LogP contribution in [0.5, 0.6) is 0 Å². The zero-order chi connectivity index (χ0) is 13.1. The molecule has 2 rings (SSSR count). The Morgan fingerprint density at radius 1 is 1.06 bits per heavy atom. The molecule has 3 heteroatoms. The minimum Gasteiger partial charge on any atom is -0.354 e. The first-order chi connectivity index (χ1) is 8.60. The van der Waals surface area contributed by atoms with Crippen molar-refractivity contribution in [1.29, 1.82) is 5.26 Å². The Morgan fingerprint density at radius 3 is 2.56 bits per heavy atom. The highest BCUT2D eigenvalue weighted by molar-refractivity contribution is 9.10. The Kier molecular flexibility index (Phi) is 3.69. The average Bonchev–Trinajstić information content (AvgIpc) is 2.36. The van der Waals surface area contributed by atoms with Crippen molar-refractivity contribution in [2.45, 2.75) is 13.8 Å². The van der Waals surface area contributed by atoms with E-state index in [1.807, 2.05) is 50.2 Å². The molecule has 0 saturated carbocycles. The minimum atomic E-state index is 0.661. The SMILES string of the molecule is Cc1ccc(Nc2cc(Br)ccc2C)c(C#N)c1. The van der Waals surface area contributed by atoms with Crippen LogP contribution >= 0.6 is 15.9 Å². The second kappa shape index (κ2) is 5.24. The van der Waals surface area contributed by atoms with Gasteiger partial charge >= 0.3 is 0 Å². The smallest absolute Gasteiger partial charge is 0.101 e. The number of halogens is 1. The summed E-state index contributed by atoms with van der Waals surface area (Å²) in [6.45, 7) is 4.02. The number of rotatable bonds is 2. The van der Waals surface area contributed by atoms with Crippen molar-refractivity contribution in [1.82, 2.24) is 0 Å². The Balaban J connectivity index is 2.40. The monoisotopic (exact) mass is 300 g/mol. The van der Waals surface area contributed by atoms with E-state index in [0.29, 0.717) is 5.56 Å². The Hall–Kier alpha value is -1.79.